The largest absolute Gasteiger partial charge is 0.332 e. The fraction of sp³-hybridized carbons (Fsp3) is 0.250. The molecule has 26 heavy (non-hydrogen) atoms. The van der Waals surface area contributed by atoms with Crippen molar-refractivity contribution >= 4 is 17.7 Å². The van der Waals surface area contributed by atoms with Gasteiger partial charge in [0.2, 0.25) is 0 Å². The van der Waals surface area contributed by atoms with Crippen LogP contribution in [0.25, 0.3) is 0 Å². The minimum atomic E-state index is 0.116. The van der Waals surface area contributed by atoms with E-state index in [1.165, 1.54) is 11.9 Å². The highest BCUT2D eigenvalue weighted by Crippen LogP contribution is 2.33. The van der Waals surface area contributed by atoms with Crippen molar-refractivity contribution < 1.29 is 4.79 Å². The van der Waals surface area contributed by atoms with Crippen molar-refractivity contribution in [2.75, 3.05) is 6.54 Å². The first-order valence-electron chi connectivity index (χ1n) is 8.74. The highest BCUT2D eigenvalue weighted by atomic mass is 32.2. The van der Waals surface area contributed by atoms with E-state index in [1.807, 2.05) is 47.4 Å². The highest BCUT2D eigenvalue weighted by Gasteiger charge is 2.30. The third kappa shape index (κ3) is 3.65. The lowest BCUT2D eigenvalue weighted by atomic mass is 10.0. The van der Waals surface area contributed by atoms with Gasteiger partial charge in [-0.25, -0.2) is 4.98 Å². The van der Waals surface area contributed by atoms with E-state index in [-0.39, 0.29) is 11.9 Å². The van der Waals surface area contributed by atoms with E-state index >= 15 is 0 Å². The van der Waals surface area contributed by atoms with Crippen LogP contribution >= 0.6 is 11.8 Å². The molecule has 1 aromatic heterocycles. The molecular formula is C20H20N4OS. The van der Waals surface area contributed by atoms with Gasteiger partial charge in [-0.15, -0.1) is 0 Å². The quantitative estimate of drug-likeness (QED) is 0.693. The molecule has 0 bridgehead atoms. The molecule has 2 heterocycles. The number of rotatable bonds is 5. The molecule has 0 aliphatic carbocycles. The Bertz CT molecular complexity index is 849. The first-order chi connectivity index (χ1) is 12.8. The number of aromatic amines is 1. The van der Waals surface area contributed by atoms with Crippen LogP contribution in [-0.4, -0.2) is 32.5 Å². The molecule has 3 aromatic rings. The molecule has 4 rings (SSSR count). The Hall–Kier alpha value is -2.60. The number of nitrogens with one attached hydrogen (secondary N) is 1. The Morgan fingerprint density at radius 2 is 1.96 bits per heavy atom. The number of benzene rings is 2. The molecule has 1 saturated heterocycles. The van der Waals surface area contributed by atoms with Crippen molar-refractivity contribution in [1.29, 1.82) is 0 Å². The fourth-order valence-corrected chi connectivity index (χ4v) is 4.09. The van der Waals surface area contributed by atoms with Crippen molar-refractivity contribution in [1.82, 2.24) is 20.1 Å². The molecule has 0 radical (unpaired) electrons. The van der Waals surface area contributed by atoms with Crippen molar-refractivity contribution in [2.45, 2.75) is 29.8 Å². The molecule has 132 valence electrons. The van der Waals surface area contributed by atoms with Crippen molar-refractivity contribution in [3.8, 4) is 0 Å². The number of carbonyl (C=O) groups is 1. The molecular weight excluding hydrogens is 344 g/mol. The van der Waals surface area contributed by atoms with Gasteiger partial charge < -0.3 is 4.90 Å². The summed E-state index contributed by atoms with van der Waals surface area (Å²) in [5.74, 6) is 0.908. The predicted octanol–water partition coefficient (Wildman–Crippen LogP) is 4.07. The average Bonchev–Trinajstić information content (AvgIpc) is 3.39. The number of thioether (sulfide) groups is 1. The maximum Gasteiger partial charge on any atom is 0.254 e. The second-order valence-electron chi connectivity index (χ2n) is 6.34. The summed E-state index contributed by atoms with van der Waals surface area (Å²) in [5, 5.41) is 7.48. The second kappa shape index (κ2) is 7.74. The van der Waals surface area contributed by atoms with Crippen molar-refractivity contribution in [3.05, 3.63) is 77.6 Å². The van der Waals surface area contributed by atoms with Crippen molar-refractivity contribution in [3.63, 3.8) is 0 Å². The summed E-state index contributed by atoms with van der Waals surface area (Å²) in [6, 6.07) is 18.4. The molecule has 1 unspecified atom stereocenters. The van der Waals surface area contributed by atoms with E-state index in [0.717, 1.165) is 41.4 Å². The summed E-state index contributed by atoms with van der Waals surface area (Å²) in [6.07, 6.45) is 3.59. The molecule has 0 spiro atoms. The number of aromatic nitrogens is 3. The lowest BCUT2D eigenvalue weighted by molar-refractivity contribution is 0.0735. The van der Waals surface area contributed by atoms with Crippen LogP contribution in [0.1, 0.15) is 40.4 Å². The standard InChI is InChI=1S/C20H20N4OS/c25-19(24-12-4-7-18(24)16-5-2-1-3-6-16)17-10-8-15(9-11-17)13-26-20-21-14-22-23-20/h1-3,5-6,8-11,14,18H,4,7,12-13H2,(H,21,22,23). The zero-order valence-electron chi connectivity index (χ0n) is 14.3. The van der Waals surface area contributed by atoms with Gasteiger partial charge in [0.25, 0.3) is 5.91 Å². The Balaban J connectivity index is 1.44. The number of amides is 1. The molecule has 6 heteroatoms. The lowest BCUT2D eigenvalue weighted by Gasteiger charge is -2.25. The molecule has 1 aliphatic rings. The van der Waals surface area contributed by atoms with E-state index < -0.39 is 0 Å². The van der Waals surface area contributed by atoms with Gasteiger partial charge in [-0.2, -0.15) is 5.10 Å². The SMILES string of the molecule is O=C(c1ccc(CSc2ncn[nH]2)cc1)N1CCCC1c1ccccc1. The topological polar surface area (TPSA) is 61.9 Å². The van der Waals surface area contributed by atoms with Crippen LogP contribution in [0.2, 0.25) is 0 Å². The third-order valence-corrected chi connectivity index (χ3v) is 5.62. The van der Waals surface area contributed by atoms with E-state index in [4.69, 9.17) is 0 Å². The van der Waals surface area contributed by atoms with E-state index in [1.54, 1.807) is 11.8 Å². The zero-order chi connectivity index (χ0) is 17.8. The number of hydrogen-bond donors (Lipinski definition) is 1. The molecule has 1 atom stereocenters. The van der Waals surface area contributed by atoms with Crippen molar-refractivity contribution in [2.24, 2.45) is 0 Å². The second-order valence-corrected chi connectivity index (χ2v) is 7.31. The maximum atomic E-state index is 13.0. The average molecular weight is 364 g/mol. The lowest BCUT2D eigenvalue weighted by Crippen LogP contribution is -2.30. The van der Waals surface area contributed by atoms with Crippen LogP contribution in [0.15, 0.2) is 66.1 Å². The minimum absolute atomic E-state index is 0.116. The third-order valence-electron chi connectivity index (χ3n) is 4.67. The number of carbonyl (C=O) groups excluding carboxylic acids is 1. The van der Waals surface area contributed by atoms with Crippen LogP contribution < -0.4 is 0 Å². The van der Waals surface area contributed by atoms with Gasteiger partial charge in [-0.1, -0.05) is 54.2 Å². The first kappa shape index (κ1) is 16.8. The van der Waals surface area contributed by atoms with Gasteiger partial charge in [0.1, 0.15) is 6.33 Å². The molecule has 2 aromatic carbocycles. The molecule has 1 fully saturated rings. The number of H-pyrrole nitrogens is 1. The predicted molar refractivity (Wildman–Crippen MR) is 102 cm³/mol. The summed E-state index contributed by atoms with van der Waals surface area (Å²) in [5.41, 5.74) is 3.13. The molecule has 1 aliphatic heterocycles. The fourth-order valence-electron chi connectivity index (χ4n) is 3.36. The normalized spacial score (nSPS) is 16.8. The number of nitrogens with zero attached hydrogens (tertiary/aromatic N) is 3. The molecule has 1 N–H and O–H groups in total. The smallest absolute Gasteiger partial charge is 0.254 e. The van der Waals surface area contributed by atoms with Gasteiger partial charge in [-0.3, -0.25) is 9.89 Å². The Morgan fingerprint density at radius 1 is 1.15 bits per heavy atom. The summed E-state index contributed by atoms with van der Waals surface area (Å²) in [4.78, 5) is 19.1. The van der Waals surface area contributed by atoms with Crippen LogP contribution in [0.4, 0.5) is 0 Å². The van der Waals surface area contributed by atoms with Crippen LogP contribution in [-0.2, 0) is 5.75 Å². The van der Waals surface area contributed by atoms with Gasteiger partial charge in [0.05, 0.1) is 6.04 Å². The monoisotopic (exact) mass is 364 g/mol. The Morgan fingerprint density at radius 3 is 2.69 bits per heavy atom. The van der Waals surface area contributed by atoms with E-state index in [0.29, 0.717) is 0 Å². The van der Waals surface area contributed by atoms with Crippen LogP contribution in [0.5, 0.6) is 0 Å². The zero-order valence-corrected chi connectivity index (χ0v) is 15.2. The van der Waals surface area contributed by atoms with Gasteiger partial charge in [-0.05, 0) is 36.1 Å². The number of likely N-dealkylation sites (tertiary alicyclic amines) is 1. The Labute approximate surface area is 156 Å². The maximum absolute atomic E-state index is 13.0. The first-order valence-corrected chi connectivity index (χ1v) is 9.73. The number of hydrogen-bond acceptors (Lipinski definition) is 4. The highest BCUT2D eigenvalue weighted by molar-refractivity contribution is 7.98. The van der Waals surface area contributed by atoms with Crippen LogP contribution in [0.3, 0.4) is 0 Å². The summed E-state index contributed by atoms with van der Waals surface area (Å²) < 4.78 is 0. The summed E-state index contributed by atoms with van der Waals surface area (Å²) in [6.45, 7) is 0.821. The Kier molecular flexibility index (Phi) is 5.02. The van der Waals surface area contributed by atoms with Gasteiger partial charge >= 0.3 is 0 Å². The summed E-state index contributed by atoms with van der Waals surface area (Å²) >= 11 is 1.59. The molecule has 0 saturated carbocycles. The van der Waals surface area contributed by atoms with Crippen LogP contribution in [0, 0.1) is 0 Å². The van der Waals surface area contributed by atoms with E-state index in [9.17, 15) is 4.79 Å². The summed E-state index contributed by atoms with van der Waals surface area (Å²) in [7, 11) is 0. The van der Waals surface area contributed by atoms with Gasteiger partial charge in [0, 0.05) is 17.9 Å². The van der Waals surface area contributed by atoms with Gasteiger partial charge in [0.15, 0.2) is 5.16 Å². The molecule has 5 nitrogen and oxygen atoms in total. The minimum Gasteiger partial charge on any atom is -0.332 e. The van der Waals surface area contributed by atoms with E-state index in [2.05, 4.69) is 27.3 Å². The molecule has 1 amide bonds.